The van der Waals surface area contributed by atoms with Crippen LogP contribution < -0.4 is 10.6 Å². The lowest BCUT2D eigenvalue weighted by atomic mass is 9.57. The van der Waals surface area contributed by atoms with Crippen LogP contribution in [0, 0.1) is 11.3 Å². The van der Waals surface area contributed by atoms with E-state index in [1.807, 2.05) is 27.7 Å². The largest absolute Gasteiger partial charge is 0.444 e. The molecule has 0 aromatic heterocycles. The monoisotopic (exact) mass is 312 g/mol. The summed E-state index contributed by atoms with van der Waals surface area (Å²) >= 11 is 0. The van der Waals surface area contributed by atoms with Crippen molar-refractivity contribution in [3.8, 4) is 0 Å². The molecule has 2 fully saturated rings. The Labute approximate surface area is 134 Å². The topological polar surface area (TPSA) is 59.6 Å². The average Bonchev–Trinajstić information content (AvgIpc) is 2.78. The van der Waals surface area contributed by atoms with Crippen molar-refractivity contribution >= 4 is 6.09 Å². The fourth-order valence-corrected chi connectivity index (χ4v) is 3.77. The van der Waals surface area contributed by atoms with Crippen LogP contribution in [0.2, 0.25) is 0 Å². The van der Waals surface area contributed by atoms with E-state index in [2.05, 4.69) is 24.5 Å². The molecule has 2 aliphatic rings. The van der Waals surface area contributed by atoms with Gasteiger partial charge in [0, 0.05) is 30.0 Å². The van der Waals surface area contributed by atoms with Crippen LogP contribution in [0.25, 0.3) is 0 Å². The lowest BCUT2D eigenvalue weighted by molar-refractivity contribution is -0.112. The zero-order valence-electron chi connectivity index (χ0n) is 14.9. The van der Waals surface area contributed by atoms with Gasteiger partial charge in [0.1, 0.15) is 5.60 Å². The number of carbonyl (C=O) groups is 1. The highest BCUT2D eigenvalue weighted by atomic mass is 16.6. The lowest BCUT2D eigenvalue weighted by Gasteiger charge is -2.55. The van der Waals surface area contributed by atoms with Gasteiger partial charge in [0.25, 0.3) is 0 Å². The minimum Gasteiger partial charge on any atom is -0.444 e. The molecule has 5 heteroatoms. The van der Waals surface area contributed by atoms with Crippen molar-refractivity contribution in [1.82, 2.24) is 10.6 Å². The average molecular weight is 312 g/mol. The van der Waals surface area contributed by atoms with Gasteiger partial charge in [0.15, 0.2) is 0 Å². The van der Waals surface area contributed by atoms with Crippen molar-refractivity contribution in [3.05, 3.63) is 0 Å². The van der Waals surface area contributed by atoms with Gasteiger partial charge < -0.3 is 20.1 Å². The maximum absolute atomic E-state index is 11.7. The molecule has 0 aromatic rings. The number of fused-ring (bicyclic) bond motifs is 1. The van der Waals surface area contributed by atoms with Crippen molar-refractivity contribution < 1.29 is 14.3 Å². The third kappa shape index (κ3) is 3.93. The van der Waals surface area contributed by atoms with E-state index in [0.29, 0.717) is 18.1 Å². The fourth-order valence-electron chi connectivity index (χ4n) is 3.77. The molecule has 1 aliphatic carbocycles. The summed E-state index contributed by atoms with van der Waals surface area (Å²) in [5.74, 6) is 0.657. The molecule has 0 radical (unpaired) electrons. The van der Waals surface area contributed by atoms with Gasteiger partial charge in [-0.15, -0.1) is 0 Å². The van der Waals surface area contributed by atoms with Crippen LogP contribution in [-0.4, -0.2) is 43.0 Å². The van der Waals surface area contributed by atoms with Crippen molar-refractivity contribution in [1.29, 1.82) is 0 Å². The predicted octanol–water partition coefficient (Wildman–Crippen LogP) is 2.69. The Morgan fingerprint density at radius 2 is 2.09 bits per heavy atom. The standard InChI is InChI=1S/C17H32N2O3/c1-11(19-15(20)22-16(2,3)4)7-9-18-13-12-8-10-21-14(12)17(13,5)6/h11-14,18H,7-10H2,1-6H3,(H,19,20). The molecule has 0 spiro atoms. The molecule has 4 atom stereocenters. The third-order valence-corrected chi connectivity index (χ3v) is 4.81. The summed E-state index contributed by atoms with van der Waals surface area (Å²) in [5, 5.41) is 6.55. The number of alkyl carbamates (subject to hydrolysis) is 1. The molecule has 0 aromatic carbocycles. The molecule has 0 bridgehead atoms. The molecule has 128 valence electrons. The number of hydrogen-bond donors (Lipinski definition) is 2. The molecular weight excluding hydrogens is 280 g/mol. The molecule has 4 unspecified atom stereocenters. The lowest BCUT2D eigenvalue weighted by Crippen LogP contribution is -2.66. The fraction of sp³-hybridized carbons (Fsp3) is 0.941. The zero-order valence-corrected chi connectivity index (χ0v) is 14.9. The Morgan fingerprint density at radius 3 is 2.73 bits per heavy atom. The number of amides is 1. The summed E-state index contributed by atoms with van der Waals surface area (Å²) in [7, 11) is 0. The van der Waals surface area contributed by atoms with Crippen molar-refractivity contribution in [2.75, 3.05) is 13.2 Å². The van der Waals surface area contributed by atoms with Crippen LogP contribution in [0.1, 0.15) is 54.4 Å². The normalized spacial score (nSPS) is 31.1. The molecule has 1 aliphatic heterocycles. The van der Waals surface area contributed by atoms with Crippen LogP contribution in [0.15, 0.2) is 0 Å². The second-order valence-electron chi connectivity index (χ2n) is 8.33. The van der Waals surface area contributed by atoms with Gasteiger partial charge >= 0.3 is 6.09 Å². The second kappa shape index (κ2) is 6.36. The second-order valence-corrected chi connectivity index (χ2v) is 8.33. The van der Waals surface area contributed by atoms with Crippen molar-refractivity contribution in [3.63, 3.8) is 0 Å². The van der Waals surface area contributed by atoms with E-state index >= 15 is 0 Å². The quantitative estimate of drug-likeness (QED) is 0.819. The number of nitrogens with one attached hydrogen (secondary N) is 2. The van der Waals surface area contributed by atoms with E-state index in [1.165, 1.54) is 0 Å². The van der Waals surface area contributed by atoms with Crippen LogP contribution in [0.4, 0.5) is 4.79 Å². The van der Waals surface area contributed by atoms with Gasteiger partial charge in [-0.05, 0) is 47.1 Å². The summed E-state index contributed by atoms with van der Waals surface area (Å²) in [6.07, 6.45) is 2.14. The van der Waals surface area contributed by atoms with Crippen LogP contribution in [-0.2, 0) is 9.47 Å². The van der Waals surface area contributed by atoms with Gasteiger partial charge in [-0.1, -0.05) is 13.8 Å². The smallest absolute Gasteiger partial charge is 0.407 e. The number of hydrogen-bond acceptors (Lipinski definition) is 4. The maximum Gasteiger partial charge on any atom is 0.407 e. The Morgan fingerprint density at radius 1 is 1.41 bits per heavy atom. The number of carbonyl (C=O) groups excluding carboxylic acids is 1. The van der Waals surface area contributed by atoms with Gasteiger partial charge in [0.2, 0.25) is 0 Å². The molecule has 2 N–H and O–H groups in total. The SMILES string of the molecule is CC(CCNC1C2CCOC2C1(C)C)NC(=O)OC(C)(C)C. The summed E-state index contributed by atoms with van der Waals surface area (Å²) in [6.45, 7) is 14.0. The highest BCUT2D eigenvalue weighted by Gasteiger charge is 2.58. The molecule has 5 nitrogen and oxygen atoms in total. The van der Waals surface area contributed by atoms with Gasteiger partial charge in [0.05, 0.1) is 6.10 Å². The molecule has 1 amide bonds. The molecule has 1 saturated heterocycles. The summed E-state index contributed by atoms with van der Waals surface area (Å²) < 4.78 is 11.1. The Bertz CT molecular complexity index is 403. The van der Waals surface area contributed by atoms with Crippen molar-refractivity contribution in [2.24, 2.45) is 11.3 Å². The molecular formula is C17H32N2O3. The first-order chi connectivity index (χ1) is 10.1. The van der Waals surface area contributed by atoms with Gasteiger partial charge in [-0.2, -0.15) is 0 Å². The zero-order chi connectivity index (χ0) is 16.5. The van der Waals surface area contributed by atoms with Gasteiger partial charge in [-0.3, -0.25) is 0 Å². The Balaban J connectivity index is 1.67. The Kier molecular flexibility index (Phi) is 5.07. The summed E-state index contributed by atoms with van der Waals surface area (Å²) in [4.78, 5) is 11.7. The van der Waals surface area contributed by atoms with Crippen LogP contribution in [0.5, 0.6) is 0 Å². The van der Waals surface area contributed by atoms with Crippen molar-refractivity contribution in [2.45, 2.75) is 78.2 Å². The molecule has 1 heterocycles. The molecule has 1 saturated carbocycles. The first kappa shape index (κ1) is 17.5. The minimum absolute atomic E-state index is 0.0983. The van der Waals surface area contributed by atoms with E-state index in [-0.39, 0.29) is 17.6 Å². The summed E-state index contributed by atoms with van der Waals surface area (Å²) in [6, 6.07) is 0.620. The van der Waals surface area contributed by atoms with Gasteiger partial charge in [-0.25, -0.2) is 4.79 Å². The highest BCUT2D eigenvalue weighted by molar-refractivity contribution is 5.67. The van der Waals surface area contributed by atoms with E-state index < -0.39 is 5.60 Å². The Hall–Kier alpha value is -0.810. The predicted molar refractivity (Wildman–Crippen MR) is 86.9 cm³/mol. The van der Waals surface area contributed by atoms with E-state index in [0.717, 1.165) is 26.0 Å². The van der Waals surface area contributed by atoms with Crippen LogP contribution >= 0.6 is 0 Å². The van der Waals surface area contributed by atoms with E-state index in [4.69, 9.17) is 9.47 Å². The molecule has 22 heavy (non-hydrogen) atoms. The first-order valence-corrected chi connectivity index (χ1v) is 8.46. The third-order valence-electron chi connectivity index (χ3n) is 4.81. The van der Waals surface area contributed by atoms with Crippen LogP contribution in [0.3, 0.4) is 0 Å². The first-order valence-electron chi connectivity index (χ1n) is 8.46. The van der Waals surface area contributed by atoms with E-state index in [9.17, 15) is 4.79 Å². The molecule has 2 rings (SSSR count). The maximum atomic E-state index is 11.7. The van der Waals surface area contributed by atoms with E-state index in [1.54, 1.807) is 0 Å². The number of ether oxygens (including phenoxy) is 2. The highest BCUT2D eigenvalue weighted by Crippen LogP contribution is 2.51. The minimum atomic E-state index is -0.449. The number of rotatable bonds is 5. The summed E-state index contributed by atoms with van der Waals surface area (Å²) in [5.41, 5.74) is -0.238.